The predicted octanol–water partition coefficient (Wildman–Crippen LogP) is 1.26. The largest absolute Gasteiger partial charge is 0.320 e. The Morgan fingerprint density at radius 1 is 1.67 bits per heavy atom. The summed E-state index contributed by atoms with van der Waals surface area (Å²) in [5, 5.41) is 3.09. The number of nitrogens with one attached hydrogen (secondary N) is 1. The number of terminal acetylenes is 1. The lowest BCUT2D eigenvalue weighted by Crippen LogP contribution is -2.10. The van der Waals surface area contributed by atoms with Crippen molar-refractivity contribution < 1.29 is 0 Å². The van der Waals surface area contributed by atoms with Gasteiger partial charge < -0.3 is 5.32 Å². The minimum atomic E-state index is 0.669. The number of hydrogen-bond donors (Lipinski definition) is 1. The number of rotatable bonds is 4. The first-order valence-electron chi connectivity index (χ1n) is 3.39. The van der Waals surface area contributed by atoms with E-state index in [1.807, 2.05) is 7.05 Å². The Kier molecular flexibility index (Phi) is 5.35. The maximum atomic E-state index is 5.13. The van der Waals surface area contributed by atoms with Crippen LogP contribution in [0.4, 0.5) is 0 Å². The van der Waals surface area contributed by atoms with Crippen molar-refractivity contribution in [1.82, 2.24) is 5.32 Å². The third-order valence-corrected chi connectivity index (χ3v) is 1.35. The zero-order chi connectivity index (χ0) is 7.11. The fourth-order valence-electron chi connectivity index (χ4n) is 0.694. The summed E-state index contributed by atoms with van der Waals surface area (Å²) in [4.78, 5) is 0. The van der Waals surface area contributed by atoms with Gasteiger partial charge in [0, 0.05) is 6.42 Å². The third-order valence-electron chi connectivity index (χ3n) is 1.35. The zero-order valence-corrected chi connectivity index (χ0v) is 6.28. The maximum Gasteiger partial charge on any atom is 0.0112 e. The van der Waals surface area contributed by atoms with Crippen molar-refractivity contribution in [3.8, 4) is 12.3 Å². The molecule has 0 bridgehead atoms. The average molecular weight is 125 g/mol. The average Bonchev–Trinajstić information content (AvgIpc) is 1.85. The van der Waals surface area contributed by atoms with E-state index in [-0.39, 0.29) is 0 Å². The molecular formula is C8H15N. The quantitative estimate of drug-likeness (QED) is 0.558. The van der Waals surface area contributed by atoms with Crippen molar-refractivity contribution in [1.29, 1.82) is 0 Å². The van der Waals surface area contributed by atoms with Gasteiger partial charge in [0.15, 0.2) is 0 Å². The fourth-order valence-corrected chi connectivity index (χ4v) is 0.694. The lowest BCUT2D eigenvalue weighted by molar-refractivity contribution is 0.530. The minimum absolute atomic E-state index is 0.669. The van der Waals surface area contributed by atoms with E-state index in [1.165, 1.54) is 6.42 Å². The molecule has 0 radical (unpaired) electrons. The highest BCUT2D eigenvalue weighted by Crippen LogP contribution is 2.03. The van der Waals surface area contributed by atoms with Crippen molar-refractivity contribution in [3.05, 3.63) is 0 Å². The molecule has 1 atom stereocenters. The SMILES string of the molecule is C#CCC(C)CCNC. The van der Waals surface area contributed by atoms with Gasteiger partial charge in [-0.2, -0.15) is 0 Å². The van der Waals surface area contributed by atoms with Gasteiger partial charge in [-0.15, -0.1) is 12.3 Å². The van der Waals surface area contributed by atoms with Crippen molar-refractivity contribution in [2.24, 2.45) is 5.92 Å². The zero-order valence-electron chi connectivity index (χ0n) is 6.28. The Hall–Kier alpha value is -0.480. The molecule has 0 aliphatic carbocycles. The molecule has 52 valence electrons. The van der Waals surface area contributed by atoms with Crippen molar-refractivity contribution in [2.45, 2.75) is 19.8 Å². The Morgan fingerprint density at radius 3 is 2.78 bits per heavy atom. The second-order valence-electron chi connectivity index (χ2n) is 2.41. The van der Waals surface area contributed by atoms with Crippen LogP contribution in [-0.4, -0.2) is 13.6 Å². The highest BCUT2D eigenvalue weighted by atomic mass is 14.8. The van der Waals surface area contributed by atoms with E-state index in [0.717, 1.165) is 13.0 Å². The van der Waals surface area contributed by atoms with E-state index in [1.54, 1.807) is 0 Å². The highest BCUT2D eigenvalue weighted by molar-refractivity contribution is 4.85. The Balaban J connectivity index is 3.08. The Labute approximate surface area is 57.8 Å². The molecule has 0 fully saturated rings. The van der Waals surface area contributed by atoms with E-state index in [9.17, 15) is 0 Å². The standard InChI is InChI=1S/C8H15N/c1-4-5-8(2)6-7-9-3/h1,8-9H,5-7H2,2-3H3. The molecule has 1 N–H and O–H groups in total. The van der Waals surface area contributed by atoms with Crippen LogP contribution in [0.2, 0.25) is 0 Å². The second-order valence-corrected chi connectivity index (χ2v) is 2.41. The van der Waals surface area contributed by atoms with Crippen LogP contribution in [0.1, 0.15) is 19.8 Å². The molecule has 0 aromatic carbocycles. The van der Waals surface area contributed by atoms with Gasteiger partial charge in [-0.3, -0.25) is 0 Å². The molecule has 0 saturated carbocycles. The predicted molar refractivity (Wildman–Crippen MR) is 41.2 cm³/mol. The molecule has 0 aromatic heterocycles. The lowest BCUT2D eigenvalue weighted by atomic mass is 10.1. The molecule has 0 amide bonds. The summed E-state index contributed by atoms with van der Waals surface area (Å²) in [5.74, 6) is 3.32. The molecule has 9 heavy (non-hydrogen) atoms. The Morgan fingerprint density at radius 2 is 2.33 bits per heavy atom. The van der Waals surface area contributed by atoms with Gasteiger partial charge in [0.25, 0.3) is 0 Å². The van der Waals surface area contributed by atoms with E-state index < -0.39 is 0 Å². The lowest BCUT2D eigenvalue weighted by Gasteiger charge is -2.04. The summed E-state index contributed by atoms with van der Waals surface area (Å²) in [7, 11) is 1.96. The van der Waals surface area contributed by atoms with Crippen LogP contribution in [0, 0.1) is 18.3 Å². The van der Waals surface area contributed by atoms with Crippen LogP contribution >= 0.6 is 0 Å². The van der Waals surface area contributed by atoms with Gasteiger partial charge >= 0.3 is 0 Å². The molecule has 1 heteroatoms. The summed E-state index contributed by atoms with van der Waals surface area (Å²) >= 11 is 0. The summed E-state index contributed by atoms with van der Waals surface area (Å²) in [6.45, 7) is 3.25. The van der Waals surface area contributed by atoms with Crippen molar-refractivity contribution in [2.75, 3.05) is 13.6 Å². The smallest absolute Gasteiger partial charge is 0.0112 e. The van der Waals surface area contributed by atoms with Crippen LogP contribution in [0.25, 0.3) is 0 Å². The second kappa shape index (κ2) is 5.65. The van der Waals surface area contributed by atoms with Gasteiger partial charge in [-0.25, -0.2) is 0 Å². The molecule has 0 spiro atoms. The van der Waals surface area contributed by atoms with Gasteiger partial charge in [0.2, 0.25) is 0 Å². The first-order valence-corrected chi connectivity index (χ1v) is 3.39. The fraction of sp³-hybridized carbons (Fsp3) is 0.750. The summed E-state index contributed by atoms with van der Waals surface area (Å²) < 4.78 is 0. The minimum Gasteiger partial charge on any atom is -0.320 e. The highest BCUT2D eigenvalue weighted by Gasteiger charge is 1.96. The molecular weight excluding hydrogens is 110 g/mol. The first-order chi connectivity index (χ1) is 4.31. The molecule has 1 nitrogen and oxygen atoms in total. The van der Waals surface area contributed by atoms with E-state index in [0.29, 0.717) is 5.92 Å². The monoisotopic (exact) mass is 125 g/mol. The summed E-state index contributed by atoms with van der Waals surface area (Å²) in [5.41, 5.74) is 0. The maximum absolute atomic E-state index is 5.13. The van der Waals surface area contributed by atoms with Gasteiger partial charge in [-0.05, 0) is 25.9 Å². The molecule has 0 aromatic rings. The van der Waals surface area contributed by atoms with Crippen LogP contribution in [0.15, 0.2) is 0 Å². The van der Waals surface area contributed by atoms with Gasteiger partial charge in [-0.1, -0.05) is 6.92 Å². The first kappa shape index (κ1) is 8.52. The molecule has 1 unspecified atom stereocenters. The van der Waals surface area contributed by atoms with Crippen molar-refractivity contribution in [3.63, 3.8) is 0 Å². The van der Waals surface area contributed by atoms with Crippen molar-refractivity contribution >= 4 is 0 Å². The molecule has 0 aliphatic heterocycles. The molecule has 0 aliphatic rings. The van der Waals surface area contributed by atoms with Crippen LogP contribution in [0.3, 0.4) is 0 Å². The van der Waals surface area contributed by atoms with Gasteiger partial charge in [0.1, 0.15) is 0 Å². The Bertz CT molecular complexity index is 91.2. The summed E-state index contributed by atoms with van der Waals surface area (Å²) in [6.07, 6.45) is 7.22. The van der Waals surface area contributed by atoms with E-state index >= 15 is 0 Å². The summed E-state index contributed by atoms with van der Waals surface area (Å²) in [6, 6.07) is 0. The van der Waals surface area contributed by atoms with E-state index in [4.69, 9.17) is 6.42 Å². The topological polar surface area (TPSA) is 12.0 Å². The van der Waals surface area contributed by atoms with Crippen LogP contribution in [-0.2, 0) is 0 Å². The van der Waals surface area contributed by atoms with Gasteiger partial charge in [0.05, 0.1) is 0 Å². The molecule has 0 rings (SSSR count). The molecule has 0 saturated heterocycles. The van der Waals surface area contributed by atoms with Crippen LogP contribution in [0.5, 0.6) is 0 Å². The van der Waals surface area contributed by atoms with E-state index in [2.05, 4.69) is 18.2 Å². The number of hydrogen-bond acceptors (Lipinski definition) is 1. The molecule has 0 heterocycles. The third kappa shape index (κ3) is 5.39. The normalized spacial score (nSPS) is 12.6. The van der Waals surface area contributed by atoms with Crippen LogP contribution < -0.4 is 5.32 Å².